The normalized spacial score (nSPS) is 15.7. The molecule has 0 fully saturated rings. The molecule has 1 aromatic rings. The summed E-state index contributed by atoms with van der Waals surface area (Å²) in [4.78, 5) is 25.3. The summed E-state index contributed by atoms with van der Waals surface area (Å²) < 4.78 is 0. The lowest BCUT2D eigenvalue weighted by atomic mass is 10.1. The Morgan fingerprint density at radius 3 is 2.78 bits per heavy atom. The molecule has 2 rings (SSSR count). The topological polar surface area (TPSA) is 89.4 Å². The lowest BCUT2D eigenvalue weighted by Crippen LogP contribution is -2.40. The number of benzene rings is 1. The molecule has 1 atom stereocenters. The maximum atomic E-state index is 12.1. The number of nitrogens with zero attached hydrogens (tertiary/aromatic N) is 1. The first-order valence-electron chi connectivity index (χ1n) is 5.97. The maximum Gasteiger partial charge on any atom is 0.238 e. The van der Waals surface area contributed by atoms with E-state index in [1.165, 1.54) is 4.90 Å². The van der Waals surface area contributed by atoms with E-state index in [2.05, 4.69) is 0 Å². The summed E-state index contributed by atoms with van der Waals surface area (Å²) in [5.41, 5.74) is 13.5. The average Bonchev–Trinajstić information content (AvgIpc) is 2.71. The Bertz CT molecular complexity index is 499. The summed E-state index contributed by atoms with van der Waals surface area (Å²) >= 11 is 0. The van der Waals surface area contributed by atoms with Gasteiger partial charge < -0.3 is 11.5 Å². The molecule has 5 nitrogen and oxygen atoms in total. The van der Waals surface area contributed by atoms with Gasteiger partial charge in [-0.2, -0.15) is 0 Å². The Balaban J connectivity index is 2.36. The minimum absolute atomic E-state index is 0.190. The van der Waals surface area contributed by atoms with Crippen LogP contribution in [0.25, 0.3) is 0 Å². The first-order valence-corrected chi connectivity index (χ1v) is 5.97. The molecule has 1 heterocycles. The number of nitrogens with two attached hydrogens (primary N) is 2. The van der Waals surface area contributed by atoms with Crippen molar-refractivity contribution >= 4 is 17.5 Å². The van der Waals surface area contributed by atoms with Crippen LogP contribution in [0, 0.1) is 5.92 Å². The first-order chi connectivity index (χ1) is 8.58. The number of hydrogen-bond acceptors (Lipinski definition) is 4. The SMILES string of the molecule is CC(CN)C(=O)N1C(=O)Cc2cc(CN)ccc21. The predicted octanol–water partition coefficient (Wildman–Crippen LogP) is 0.156. The Morgan fingerprint density at radius 1 is 1.44 bits per heavy atom. The number of rotatable bonds is 3. The molecule has 18 heavy (non-hydrogen) atoms. The van der Waals surface area contributed by atoms with E-state index in [1.807, 2.05) is 12.1 Å². The van der Waals surface area contributed by atoms with Crippen molar-refractivity contribution in [1.29, 1.82) is 0 Å². The van der Waals surface area contributed by atoms with E-state index in [-0.39, 0.29) is 30.7 Å². The van der Waals surface area contributed by atoms with Gasteiger partial charge in [0.05, 0.1) is 12.1 Å². The fourth-order valence-electron chi connectivity index (χ4n) is 2.06. The van der Waals surface area contributed by atoms with E-state index in [4.69, 9.17) is 11.5 Å². The van der Waals surface area contributed by atoms with Crippen molar-refractivity contribution in [3.8, 4) is 0 Å². The fourth-order valence-corrected chi connectivity index (χ4v) is 2.06. The summed E-state index contributed by atoms with van der Waals surface area (Å²) in [7, 11) is 0. The molecule has 96 valence electrons. The second-order valence-corrected chi connectivity index (χ2v) is 4.55. The highest BCUT2D eigenvalue weighted by Crippen LogP contribution is 2.30. The lowest BCUT2D eigenvalue weighted by molar-refractivity contribution is -0.127. The Hall–Kier alpha value is -1.72. The van der Waals surface area contributed by atoms with E-state index in [0.29, 0.717) is 12.2 Å². The van der Waals surface area contributed by atoms with Gasteiger partial charge in [0.1, 0.15) is 0 Å². The van der Waals surface area contributed by atoms with Crippen LogP contribution in [0.3, 0.4) is 0 Å². The average molecular weight is 247 g/mol. The number of hydrogen-bond donors (Lipinski definition) is 2. The number of anilines is 1. The molecule has 1 aromatic carbocycles. The van der Waals surface area contributed by atoms with Crippen LogP contribution in [0.4, 0.5) is 5.69 Å². The molecular formula is C13H17N3O2. The van der Waals surface area contributed by atoms with Crippen LogP contribution in [0.1, 0.15) is 18.1 Å². The Morgan fingerprint density at radius 2 is 2.17 bits per heavy atom. The van der Waals surface area contributed by atoms with E-state index in [1.54, 1.807) is 13.0 Å². The quantitative estimate of drug-likeness (QED) is 0.796. The van der Waals surface area contributed by atoms with E-state index in [9.17, 15) is 9.59 Å². The van der Waals surface area contributed by atoms with Crippen molar-refractivity contribution < 1.29 is 9.59 Å². The van der Waals surface area contributed by atoms with Gasteiger partial charge in [-0.15, -0.1) is 0 Å². The number of carbonyl (C=O) groups is 2. The summed E-state index contributed by atoms with van der Waals surface area (Å²) in [6.45, 7) is 2.38. The number of imide groups is 1. The van der Waals surface area contributed by atoms with Gasteiger partial charge in [-0.05, 0) is 17.2 Å². The van der Waals surface area contributed by atoms with Gasteiger partial charge in [-0.1, -0.05) is 19.1 Å². The van der Waals surface area contributed by atoms with Gasteiger partial charge in [-0.25, -0.2) is 4.90 Å². The van der Waals surface area contributed by atoms with Crippen molar-refractivity contribution in [1.82, 2.24) is 0 Å². The van der Waals surface area contributed by atoms with E-state index in [0.717, 1.165) is 11.1 Å². The van der Waals surface area contributed by atoms with Gasteiger partial charge in [0, 0.05) is 19.0 Å². The van der Waals surface area contributed by atoms with Crippen LogP contribution in [-0.4, -0.2) is 18.4 Å². The highest BCUT2D eigenvalue weighted by molar-refractivity contribution is 6.19. The van der Waals surface area contributed by atoms with Crippen LogP contribution in [0.2, 0.25) is 0 Å². The third-order valence-electron chi connectivity index (χ3n) is 3.21. The molecule has 0 radical (unpaired) electrons. The van der Waals surface area contributed by atoms with E-state index < -0.39 is 0 Å². The predicted molar refractivity (Wildman–Crippen MR) is 68.7 cm³/mol. The Labute approximate surface area is 106 Å². The zero-order valence-electron chi connectivity index (χ0n) is 10.3. The first kappa shape index (κ1) is 12.7. The molecule has 0 saturated heterocycles. The second kappa shape index (κ2) is 4.88. The molecule has 2 amide bonds. The third-order valence-corrected chi connectivity index (χ3v) is 3.21. The number of fused-ring (bicyclic) bond motifs is 1. The third kappa shape index (κ3) is 2.02. The van der Waals surface area contributed by atoms with Crippen molar-refractivity contribution in [3.63, 3.8) is 0 Å². The van der Waals surface area contributed by atoms with Crippen molar-refractivity contribution in [2.75, 3.05) is 11.4 Å². The smallest absolute Gasteiger partial charge is 0.238 e. The molecule has 5 heteroatoms. The monoisotopic (exact) mass is 247 g/mol. The van der Waals surface area contributed by atoms with Crippen LogP contribution < -0.4 is 16.4 Å². The van der Waals surface area contributed by atoms with Gasteiger partial charge >= 0.3 is 0 Å². The van der Waals surface area contributed by atoms with Gasteiger partial charge in [0.25, 0.3) is 0 Å². The highest BCUT2D eigenvalue weighted by atomic mass is 16.2. The lowest BCUT2D eigenvalue weighted by Gasteiger charge is -2.19. The Kier molecular flexibility index (Phi) is 3.45. The summed E-state index contributed by atoms with van der Waals surface area (Å²) in [5.74, 6) is -0.777. The zero-order valence-corrected chi connectivity index (χ0v) is 10.3. The minimum Gasteiger partial charge on any atom is -0.330 e. The molecule has 0 bridgehead atoms. The molecule has 0 aromatic heterocycles. The number of carbonyl (C=O) groups excluding carboxylic acids is 2. The van der Waals surface area contributed by atoms with Crippen LogP contribution in [0.15, 0.2) is 18.2 Å². The summed E-state index contributed by atoms with van der Waals surface area (Å²) in [6.07, 6.45) is 0.256. The maximum absolute atomic E-state index is 12.1. The molecule has 0 aliphatic carbocycles. The molecule has 0 spiro atoms. The summed E-state index contributed by atoms with van der Waals surface area (Å²) in [6, 6.07) is 5.50. The van der Waals surface area contributed by atoms with Crippen LogP contribution in [-0.2, 0) is 22.6 Å². The summed E-state index contributed by atoms with van der Waals surface area (Å²) in [5, 5.41) is 0. The molecule has 1 aliphatic rings. The van der Waals surface area contributed by atoms with Crippen molar-refractivity contribution in [2.24, 2.45) is 17.4 Å². The second-order valence-electron chi connectivity index (χ2n) is 4.55. The standard InChI is InChI=1S/C13H17N3O2/c1-8(6-14)13(18)16-11-3-2-9(7-15)4-10(11)5-12(16)17/h2-4,8H,5-7,14-15H2,1H3. The van der Waals surface area contributed by atoms with Crippen LogP contribution in [0.5, 0.6) is 0 Å². The van der Waals surface area contributed by atoms with Gasteiger partial charge in [0.15, 0.2) is 0 Å². The minimum atomic E-state index is -0.353. The molecule has 4 N–H and O–H groups in total. The zero-order chi connectivity index (χ0) is 13.3. The number of amides is 2. The van der Waals surface area contributed by atoms with Crippen molar-refractivity contribution in [3.05, 3.63) is 29.3 Å². The van der Waals surface area contributed by atoms with Crippen LogP contribution >= 0.6 is 0 Å². The van der Waals surface area contributed by atoms with E-state index >= 15 is 0 Å². The van der Waals surface area contributed by atoms with Gasteiger partial charge in [-0.3, -0.25) is 9.59 Å². The molecular weight excluding hydrogens is 230 g/mol. The molecule has 0 saturated carbocycles. The van der Waals surface area contributed by atoms with Crippen molar-refractivity contribution in [2.45, 2.75) is 19.9 Å². The largest absolute Gasteiger partial charge is 0.330 e. The fraction of sp³-hybridized carbons (Fsp3) is 0.385. The molecule has 1 aliphatic heterocycles. The highest BCUT2D eigenvalue weighted by Gasteiger charge is 2.34. The molecule has 1 unspecified atom stereocenters. The van der Waals surface area contributed by atoms with Gasteiger partial charge in [0.2, 0.25) is 11.8 Å².